The number of carbonyl (C=O) groups excluding carboxylic acids is 2. The van der Waals surface area contributed by atoms with Crippen LogP contribution in [0.5, 0.6) is 0 Å². The lowest BCUT2D eigenvalue weighted by molar-refractivity contribution is -0.138. The Morgan fingerprint density at radius 3 is 2.45 bits per heavy atom. The molecule has 4 rings (SSSR count). The molecule has 0 saturated carbocycles. The molecule has 0 radical (unpaired) electrons. The van der Waals surface area contributed by atoms with Crippen molar-refractivity contribution >= 4 is 28.9 Å². The summed E-state index contributed by atoms with van der Waals surface area (Å²) in [5.74, 6) is -3.41. The predicted octanol–water partition coefficient (Wildman–Crippen LogP) is 4.70. The van der Waals surface area contributed by atoms with E-state index in [4.69, 9.17) is 4.74 Å². The fourth-order valence-corrected chi connectivity index (χ4v) is 4.95. The number of nitrogens with one attached hydrogen (secondary N) is 2. The molecule has 1 saturated heterocycles. The van der Waals surface area contributed by atoms with E-state index in [9.17, 15) is 27.6 Å². The molecule has 2 N–H and O–H groups in total. The van der Waals surface area contributed by atoms with Crippen molar-refractivity contribution in [3.8, 4) is 0 Å². The van der Waals surface area contributed by atoms with Crippen molar-refractivity contribution < 1.29 is 36.3 Å². The number of halogens is 5. The lowest BCUT2D eigenvalue weighted by Crippen LogP contribution is -2.50. The monoisotopic (exact) mass is 597 g/mol. The highest BCUT2D eigenvalue weighted by Crippen LogP contribution is 2.39. The van der Waals surface area contributed by atoms with Gasteiger partial charge in [0.25, 0.3) is 5.91 Å². The van der Waals surface area contributed by atoms with Crippen molar-refractivity contribution in [1.82, 2.24) is 14.8 Å². The number of benzene rings is 1. The first kappa shape index (κ1) is 31.0. The Balaban J connectivity index is 1.77. The Morgan fingerprint density at radius 2 is 1.86 bits per heavy atom. The molecule has 2 aromatic rings. The summed E-state index contributed by atoms with van der Waals surface area (Å²) in [6.45, 7) is 6.63. The van der Waals surface area contributed by atoms with Crippen molar-refractivity contribution in [2.75, 3.05) is 50.0 Å². The molecule has 3 heterocycles. The number of aromatic amines is 1. The third-order valence-electron chi connectivity index (χ3n) is 7.34. The lowest BCUT2D eigenvalue weighted by Gasteiger charge is -2.40. The number of hydrogen-bond donors (Lipinski definition) is 2. The summed E-state index contributed by atoms with van der Waals surface area (Å²) in [4.78, 5) is 44.1. The van der Waals surface area contributed by atoms with Crippen LogP contribution in [0.15, 0.2) is 29.2 Å². The molecule has 42 heavy (non-hydrogen) atoms. The minimum absolute atomic E-state index is 0.0194. The standard InChI is InChI=1S/C28H32F5N5O4/c1-15(2)42-27(41)37-7-5-17(6-8-37)23-20(29)12-21(38-10-9-36(4)16(3)14-38)25(24(23)30)35-26(40)18-13-34-22(39)11-19(18)28(31,32)33/h5,11-13,15-16H,6-10,14H2,1-4H3,(H,34,39)(H,35,40). The van der Waals surface area contributed by atoms with Gasteiger partial charge in [0.2, 0.25) is 5.56 Å². The van der Waals surface area contributed by atoms with Crippen LogP contribution in [0.2, 0.25) is 0 Å². The highest BCUT2D eigenvalue weighted by atomic mass is 19.4. The van der Waals surface area contributed by atoms with E-state index in [0.29, 0.717) is 25.8 Å². The predicted molar refractivity (Wildman–Crippen MR) is 146 cm³/mol. The molecule has 2 amide bonds. The number of pyridine rings is 1. The maximum absolute atomic E-state index is 16.3. The molecular weight excluding hydrogens is 565 g/mol. The van der Waals surface area contributed by atoms with Crippen LogP contribution in [-0.2, 0) is 10.9 Å². The molecular formula is C28H32F5N5O4. The van der Waals surface area contributed by atoms with Gasteiger partial charge in [0.1, 0.15) is 11.5 Å². The number of hydrogen-bond acceptors (Lipinski definition) is 6. The molecule has 0 spiro atoms. The first-order valence-corrected chi connectivity index (χ1v) is 13.4. The zero-order chi connectivity index (χ0) is 30.9. The van der Waals surface area contributed by atoms with Gasteiger partial charge in [-0.05, 0) is 39.8 Å². The molecule has 0 aliphatic carbocycles. The smallest absolute Gasteiger partial charge is 0.417 e. The number of piperazine rings is 1. The number of H-pyrrole nitrogens is 1. The van der Waals surface area contributed by atoms with Gasteiger partial charge in [-0.15, -0.1) is 0 Å². The summed E-state index contributed by atoms with van der Waals surface area (Å²) >= 11 is 0. The number of alkyl halides is 3. The largest absolute Gasteiger partial charge is 0.447 e. The molecule has 14 heteroatoms. The van der Waals surface area contributed by atoms with Crippen molar-refractivity contribution in [2.45, 2.75) is 45.5 Å². The van der Waals surface area contributed by atoms with Crippen molar-refractivity contribution in [3.63, 3.8) is 0 Å². The number of likely N-dealkylation sites (N-methyl/N-ethyl adjacent to an activating group) is 1. The van der Waals surface area contributed by atoms with E-state index in [2.05, 4.69) is 5.32 Å². The molecule has 1 aromatic heterocycles. The topological polar surface area (TPSA) is 98.0 Å². The van der Waals surface area contributed by atoms with Gasteiger partial charge in [0, 0.05) is 57.1 Å². The first-order chi connectivity index (χ1) is 19.7. The second kappa shape index (κ2) is 12.1. The van der Waals surface area contributed by atoms with Gasteiger partial charge >= 0.3 is 12.3 Å². The van der Waals surface area contributed by atoms with Gasteiger partial charge in [-0.1, -0.05) is 6.08 Å². The van der Waals surface area contributed by atoms with Gasteiger partial charge in [-0.3, -0.25) is 9.59 Å². The second-order valence-electron chi connectivity index (χ2n) is 10.7. The van der Waals surface area contributed by atoms with E-state index < -0.39 is 57.7 Å². The summed E-state index contributed by atoms with van der Waals surface area (Å²) in [6, 6.07) is 1.28. The maximum Gasteiger partial charge on any atom is 0.417 e. The highest BCUT2D eigenvalue weighted by Gasteiger charge is 2.37. The summed E-state index contributed by atoms with van der Waals surface area (Å²) in [7, 11) is 1.89. The molecule has 1 unspecified atom stereocenters. The number of amides is 2. The van der Waals surface area contributed by atoms with Crippen LogP contribution in [0.1, 0.15) is 48.7 Å². The molecule has 2 aliphatic heterocycles. The van der Waals surface area contributed by atoms with Gasteiger partial charge in [-0.25, -0.2) is 13.6 Å². The third-order valence-corrected chi connectivity index (χ3v) is 7.34. The SMILES string of the molecule is CC(C)OC(=O)N1CC=C(c2c(F)cc(N3CCN(C)C(C)C3)c(NC(=O)c3c[nH]c(=O)cc3C(F)(F)F)c2F)CC1. The van der Waals surface area contributed by atoms with Crippen molar-refractivity contribution in [1.29, 1.82) is 0 Å². The van der Waals surface area contributed by atoms with Gasteiger partial charge in [0.05, 0.1) is 28.5 Å². The van der Waals surface area contributed by atoms with Crippen LogP contribution < -0.4 is 15.8 Å². The Hall–Kier alpha value is -3.94. The third kappa shape index (κ3) is 6.58. The average molecular weight is 598 g/mol. The zero-order valence-electron chi connectivity index (χ0n) is 23.6. The van der Waals surface area contributed by atoms with E-state index >= 15 is 8.78 Å². The maximum atomic E-state index is 16.3. The minimum atomic E-state index is -5.04. The highest BCUT2D eigenvalue weighted by molar-refractivity contribution is 6.07. The van der Waals surface area contributed by atoms with E-state index in [1.165, 1.54) is 11.0 Å². The van der Waals surface area contributed by atoms with E-state index in [1.807, 2.05) is 23.9 Å². The number of ether oxygens (including phenoxy) is 1. The Kier molecular flexibility index (Phi) is 8.95. The average Bonchev–Trinajstić information content (AvgIpc) is 2.91. The van der Waals surface area contributed by atoms with Crippen LogP contribution in [0.4, 0.5) is 38.1 Å². The molecule has 228 valence electrons. The van der Waals surface area contributed by atoms with Gasteiger partial charge < -0.3 is 29.7 Å². The Bertz CT molecular complexity index is 1460. The number of rotatable bonds is 5. The zero-order valence-corrected chi connectivity index (χ0v) is 23.6. The van der Waals surface area contributed by atoms with Gasteiger partial charge in [-0.2, -0.15) is 13.2 Å². The van der Waals surface area contributed by atoms with E-state index in [0.717, 1.165) is 6.07 Å². The minimum Gasteiger partial charge on any atom is -0.447 e. The summed E-state index contributed by atoms with van der Waals surface area (Å²) in [5, 5.41) is 2.24. The molecule has 1 fully saturated rings. The molecule has 9 nitrogen and oxygen atoms in total. The molecule has 2 aliphatic rings. The van der Waals surface area contributed by atoms with Crippen LogP contribution in [0, 0.1) is 11.6 Å². The molecule has 1 atom stereocenters. The molecule has 0 bridgehead atoms. The normalized spacial score (nSPS) is 18.2. The van der Waals surface area contributed by atoms with Crippen LogP contribution in [-0.4, -0.2) is 78.7 Å². The molecule has 1 aromatic carbocycles. The fraction of sp³-hybridized carbons (Fsp3) is 0.464. The lowest BCUT2D eigenvalue weighted by atomic mass is 9.96. The second-order valence-corrected chi connectivity index (χ2v) is 10.7. The van der Waals surface area contributed by atoms with Gasteiger partial charge in [0.15, 0.2) is 5.82 Å². The van der Waals surface area contributed by atoms with Crippen molar-refractivity contribution in [3.05, 3.63) is 63.1 Å². The Morgan fingerprint density at radius 1 is 1.14 bits per heavy atom. The number of aromatic nitrogens is 1. The summed E-state index contributed by atoms with van der Waals surface area (Å²) < 4.78 is 78.1. The van der Waals surface area contributed by atoms with Crippen LogP contribution in [0.25, 0.3) is 5.57 Å². The van der Waals surface area contributed by atoms with Crippen LogP contribution in [0.3, 0.4) is 0 Å². The van der Waals surface area contributed by atoms with Crippen molar-refractivity contribution in [2.24, 2.45) is 0 Å². The number of nitrogens with zero attached hydrogens (tertiary/aromatic N) is 3. The number of carbonyl (C=O) groups is 2. The Labute approximate surface area is 238 Å². The fourth-order valence-electron chi connectivity index (χ4n) is 4.95. The quantitative estimate of drug-likeness (QED) is 0.486. The number of anilines is 2. The van der Waals surface area contributed by atoms with Crippen LogP contribution >= 0.6 is 0 Å². The summed E-state index contributed by atoms with van der Waals surface area (Å²) in [6.07, 6.45) is -3.82. The first-order valence-electron chi connectivity index (χ1n) is 13.4. The summed E-state index contributed by atoms with van der Waals surface area (Å²) in [5.41, 5.74) is -4.24. The van der Waals surface area contributed by atoms with E-state index in [-0.39, 0.29) is 49.0 Å². The van der Waals surface area contributed by atoms with E-state index in [1.54, 1.807) is 18.7 Å².